The summed E-state index contributed by atoms with van der Waals surface area (Å²) in [6, 6.07) is 6.01. The van der Waals surface area contributed by atoms with Crippen molar-refractivity contribution in [3.63, 3.8) is 0 Å². The van der Waals surface area contributed by atoms with Gasteiger partial charge in [-0.3, -0.25) is 19.3 Å². The molecule has 1 aliphatic rings. The molecule has 2 atom stereocenters. The van der Waals surface area contributed by atoms with E-state index in [1.807, 2.05) is 6.20 Å². The van der Waals surface area contributed by atoms with E-state index in [1.165, 1.54) is 12.1 Å². The van der Waals surface area contributed by atoms with Gasteiger partial charge < -0.3 is 10.2 Å². The van der Waals surface area contributed by atoms with E-state index >= 15 is 0 Å². The molecule has 2 aromatic rings. The molecule has 3 rings (SSSR count). The smallest absolute Gasteiger partial charge is 0.294 e. The molecule has 3 N–H and O–H groups in total. The Balaban J connectivity index is 1.62. The maximum absolute atomic E-state index is 11.2. The molecule has 1 saturated heterocycles. The minimum Gasteiger partial charge on any atom is -0.392 e. The van der Waals surface area contributed by atoms with Gasteiger partial charge >= 0.3 is 0 Å². The number of nitrogens with zero attached hydrogens (tertiary/aromatic N) is 6. The van der Waals surface area contributed by atoms with Crippen LogP contribution in [0.15, 0.2) is 35.4 Å². The molecule has 1 aliphatic heterocycles. The predicted octanol–water partition coefficient (Wildman–Crippen LogP) is -0.246. The summed E-state index contributed by atoms with van der Waals surface area (Å²) in [6.45, 7) is 10.9. The van der Waals surface area contributed by atoms with Crippen LogP contribution in [0.4, 0.5) is 0 Å². The van der Waals surface area contributed by atoms with Crippen LogP contribution < -0.4 is 0 Å². The SMILES string of the molecule is C[C@H](O)CN1CCN(Cc2cn(Cc3ccc(S(=O)(=O)O)cc3)nn2)CCN(C[C@H](C)O)CC1. The second-order valence-corrected chi connectivity index (χ2v) is 10.5. The van der Waals surface area contributed by atoms with E-state index in [-0.39, 0.29) is 4.90 Å². The molecule has 0 radical (unpaired) electrons. The summed E-state index contributed by atoms with van der Waals surface area (Å²) in [5.41, 5.74) is 1.67. The molecule has 1 aromatic carbocycles. The van der Waals surface area contributed by atoms with Gasteiger partial charge in [0, 0.05) is 58.9 Å². The molecule has 11 nitrogen and oxygen atoms in total. The van der Waals surface area contributed by atoms with Crippen LogP contribution in [-0.4, -0.2) is 117 Å². The highest BCUT2D eigenvalue weighted by Gasteiger charge is 2.19. The zero-order valence-electron chi connectivity index (χ0n) is 19.9. The van der Waals surface area contributed by atoms with Crippen molar-refractivity contribution >= 4 is 10.1 Å². The Morgan fingerprint density at radius 2 is 1.35 bits per heavy atom. The first kappa shape index (κ1) is 26.7. The van der Waals surface area contributed by atoms with Gasteiger partial charge in [-0.25, -0.2) is 4.68 Å². The zero-order valence-corrected chi connectivity index (χ0v) is 20.7. The lowest BCUT2D eigenvalue weighted by atomic mass is 10.2. The average molecular weight is 497 g/mol. The Morgan fingerprint density at radius 3 is 1.82 bits per heavy atom. The lowest BCUT2D eigenvalue weighted by Gasteiger charge is -2.27. The van der Waals surface area contributed by atoms with E-state index in [0.29, 0.717) is 26.2 Å². The van der Waals surface area contributed by atoms with Crippen LogP contribution in [0.3, 0.4) is 0 Å². The first-order valence-electron chi connectivity index (χ1n) is 11.6. The average Bonchev–Trinajstić information content (AvgIpc) is 3.20. The summed E-state index contributed by atoms with van der Waals surface area (Å²) in [5, 5.41) is 28.2. The van der Waals surface area contributed by atoms with Gasteiger partial charge in [0.05, 0.1) is 35.5 Å². The Kier molecular flexibility index (Phi) is 9.54. The molecule has 12 heteroatoms. The summed E-state index contributed by atoms with van der Waals surface area (Å²) in [5.74, 6) is 0. The number of aromatic nitrogens is 3. The Hall–Kier alpha value is -1.93. The van der Waals surface area contributed by atoms with Crippen molar-refractivity contribution < 1.29 is 23.2 Å². The molecule has 1 fully saturated rings. The molecule has 0 spiro atoms. The van der Waals surface area contributed by atoms with Crippen molar-refractivity contribution in [2.75, 3.05) is 52.4 Å². The van der Waals surface area contributed by atoms with E-state index in [2.05, 4.69) is 25.0 Å². The molecule has 34 heavy (non-hydrogen) atoms. The van der Waals surface area contributed by atoms with E-state index in [4.69, 9.17) is 4.55 Å². The van der Waals surface area contributed by atoms with Crippen molar-refractivity contribution in [2.24, 2.45) is 0 Å². The van der Waals surface area contributed by atoms with Crippen molar-refractivity contribution in [1.29, 1.82) is 0 Å². The van der Waals surface area contributed by atoms with Gasteiger partial charge in [-0.05, 0) is 31.5 Å². The number of aliphatic hydroxyl groups excluding tert-OH is 2. The van der Waals surface area contributed by atoms with Crippen LogP contribution in [0.1, 0.15) is 25.1 Å². The largest absolute Gasteiger partial charge is 0.392 e. The Labute approximate surface area is 201 Å². The molecule has 0 saturated carbocycles. The summed E-state index contributed by atoms with van der Waals surface area (Å²) in [6.07, 6.45) is 1.08. The number of hydrogen-bond acceptors (Lipinski definition) is 9. The van der Waals surface area contributed by atoms with Gasteiger partial charge in [0.15, 0.2) is 0 Å². The topological polar surface area (TPSA) is 135 Å². The molecule has 1 aromatic heterocycles. The third-order valence-electron chi connectivity index (χ3n) is 5.78. The maximum Gasteiger partial charge on any atom is 0.294 e. The minimum absolute atomic E-state index is 0.141. The fraction of sp³-hybridized carbons (Fsp3) is 0.636. The summed E-state index contributed by atoms with van der Waals surface area (Å²) in [4.78, 5) is 6.68. The van der Waals surface area contributed by atoms with Crippen LogP contribution >= 0.6 is 0 Å². The fourth-order valence-corrected chi connectivity index (χ4v) is 4.61. The molecule has 0 bridgehead atoms. The molecule has 190 valence electrons. The van der Waals surface area contributed by atoms with Gasteiger partial charge in [-0.2, -0.15) is 8.42 Å². The lowest BCUT2D eigenvalue weighted by molar-refractivity contribution is 0.102. The highest BCUT2D eigenvalue weighted by Crippen LogP contribution is 2.12. The van der Waals surface area contributed by atoms with Crippen molar-refractivity contribution in [1.82, 2.24) is 29.7 Å². The monoisotopic (exact) mass is 496 g/mol. The zero-order chi connectivity index (χ0) is 24.7. The number of rotatable bonds is 9. The van der Waals surface area contributed by atoms with Crippen LogP contribution in [0, 0.1) is 0 Å². The van der Waals surface area contributed by atoms with E-state index < -0.39 is 22.3 Å². The van der Waals surface area contributed by atoms with Crippen LogP contribution in [0.2, 0.25) is 0 Å². The van der Waals surface area contributed by atoms with E-state index in [9.17, 15) is 18.6 Å². The quantitative estimate of drug-likeness (QED) is 0.399. The van der Waals surface area contributed by atoms with Gasteiger partial charge in [-0.15, -0.1) is 5.10 Å². The predicted molar refractivity (Wildman–Crippen MR) is 127 cm³/mol. The van der Waals surface area contributed by atoms with Crippen LogP contribution in [-0.2, 0) is 23.2 Å². The van der Waals surface area contributed by atoms with Gasteiger partial charge in [0.25, 0.3) is 10.1 Å². The van der Waals surface area contributed by atoms with Crippen LogP contribution in [0.5, 0.6) is 0 Å². The normalized spacial score (nSPS) is 19.3. The van der Waals surface area contributed by atoms with Gasteiger partial charge in [-0.1, -0.05) is 17.3 Å². The lowest BCUT2D eigenvalue weighted by Crippen LogP contribution is -2.41. The van der Waals surface area contributed by atoms with E-state index in [0.717, 1.165) is 50.5 Å². The van der Waals surface area contributed by atoms with Gasteiger partial charge in [0.2, 0.25) is 0 Å². The van der Waals surface area contributed by atoms with Crippen molar-refractivity contribution in [3.8, 4) is 0 Å². The van der Waals surface area contributed by atoms with Crippen LogP contribution in [0.25, 0.3) is 0 Å². The van der Waals surface area contributed by atoms with Gasteiger partial charge in [0.1, 0.15) is 0 Å². The Bertz CT molecular complexity index is 973. The van der Waals surface area contributed by atoms with E-state index in [1.54, 1.807) is 30.7 Å². The Morgan fingerprint density at radius 1 is 0.853 bits per heavy atom. The highest BCUT2D eigenvalue weighted by atomic mass is 32.2. The minimum atomic E-state index is -4.21. The summed E-state index contributed by atoms with van der Waals surface area (Å²) < 4.78 is 33.2. The number of hydrogen-bond donors (Lipinski definition) is 3. The number of benzene rings is 1. The number of aliphatic hydroxyl groups is 2. The molecule has 2 heterocycles. The highest BCUT2D eigenvalue weighted by molar-refractivity contribution is 7.85. The molecule has 0 aliphatic carbocycles. The fourth-order valence-electron chi connectivity index (χ4n) is 4.13. The first-order chi connectivity index (χ1) is 16.1. The molecular weight excluding hydrogens is 460 g/mol. The van der Waals surface area contributed by atoms with Crippen molar-refractivity contribution in [3.05, 3.63) is 41.7 Å². The summed E-state index contributed by atoms with van der Waals surface area (Å²) >= 11 is 0. The molecular formula is C22H36N6O5S. The number of β-amino-alcohol motifs (C(OH)–C–C–N with tert-alkyl or cyclic N) is 2. The third-order valence-corrected chi connectivity index (χ3v) is 6.65. The van der Waals surface area contributed by atoms with Crippen molar-refractivity contribution in [2.45, 2.75) is 44.0 Å². The second-order valence-electron chi connectivity index (χ2n) is 9.10. The molecule has 0 unspecified atom stereocenters. The molecule has 0 amide bonds. The standard InChI is InChI=1S/C22H36N6O5S/c1-18(29)13-25-7-8-26(14-19(2)30)10-12-27(11-9-25)16-21-17-28(24-23-21)15-20-3-5-22(6-4-20)34(31,32)33/h3-6,17-19,29-30H,7-16H2,1-2H3,(H,31,32,33)/t18-,19-/m0/s1. The first-order valence-corrected chi connectivity index (χ1v) is 13.0. The second kappa shape index (κ2) is 12.2. The summed E-state index contributed by atoms with van der Waals surface area (Å²) in [7, 11) is -4.21. The maximum atomic E-state index is 11.2. The third kappa shape index (κ3) is 8.69.